The molecule has 0 saturated heterocycles. The predicted molar refractivity (Wildman–Crippen MR) is 60.4 cm³/mol. The summed E-state index contributed by atoms with van der Waals surface area (Å²) < 4.78 is 37.0. The molecule has 1 aliphatic rings. The van der Waals surface area contributed by atoms with Crippen molar-refractivity contribution in [3.05, 3.63) is 0 Å². The molecular weight excluding hydrogens is 231 g/mol. The molecule has 0 aromatic rings. The van der Waals surface area contributed by atoms with E-state index in [-0.39, 0.29) is 6.04 Å². The molecule has 2 atom stereocenters. The average Bonchev–Trinajstić information content (AvgIpc) is 2.25. The molecule has 0 radical (unpaired) electrons. The van der Waals surface area contributed by atoms with E-state index in [1.165, 1.54) is 0 Å². The Hall–Kier alpha value is -0.290. The molecule has 0 heterocycles. The fourth-order valence-corrected chi connectivity index (χ4v) is 2.56. The van der Waals surface area contributed by atoms with Gasteiger partial charge in [-0.2, -0.15) is 13.2 Å². The van der Waals surface area contributed by atoms with Gasteiger partial charge in [0.05, 0.1) is 0 Å². The van der Waals surface area contributed by atoms with Crippen LogP contribution in [-0.4, -0.2) is 23.4 Å². The zero-order valence-corrected chi connectivity index (χ0v) is 10.2. The van der Waals surface area contributed by atoms with Crippen LogP contribution in [0.1, 0.15) is 45.4 Å². The van der Waals surface area contributed by atoms with E-state index in [9.17, 15) is 13.2 Å². The third-order valence-corrected chi connectivity index (χ3v) is 3.70. The number of rotatable bonds is 4. The Morgan fingerprint density at radius 2 is 1.76 bits per heavy atom. The first-order chi connectivity index (χ1) is 7.80. The second-order valence-corrected chi connectivity index (χ2v) is 5.32. The first-order valence-corrected chi connectivity index (χ1v) is 6.31. The van der Waals surface area contributed by atoms with Gasteiger partial charge in [-0.05, 0) is 44.4 Å². The van der Waals surface area contributed by atoms with Gasteiger partial charge in [0.2, 0.25) is 0 Å². The molecule has 1 aliphatic carbocycles. The van der Waals surface area contributed by atoms with Crippen LogP contribution < -0.4 is 5.73 Å². The van der Waals surface area contributed by atoms with Gasteiger partial charge in [0.15, 0.2) is 6.10 Å². The van der Waals surface area contributed by atoms with E-state index in [2.05, 4.69) is 0 Å². The number of nitrogens with two attached hydrogens (primary N) is 1. The molecule has 1 saturated carbocycles. The van der Waals surface area contributed by atoms with E-state index in [0.29, 0.717) is 18.8 Å². The van der Waals surface area contributed by atoms with E-state index in [0.717, 1.165) is 25.7 Å². The minimum absolute atomic E-state index is 0.161. The van der Waals surface area contributed by atoms with Crippen LogP contribution in [-0.2, 0) is 0 Å². The summed E-state index contributed by atoms with van der Waals surface area (Å²) in [6.07, 6.45) is -2.17. The molecule has 0 aromatic carbocycles. The highest BCUT2D eigenvalue weighted by molar-refractivity contribution is 4.81. The summed E-state index contributed by atoms with van der Waals surface area (Å²) in [5.41, 5.74) is 5.65. The van der Waals surface area contributed by atoms with Crippen LogP contribution >= 0.6 is 0 Å². The Balaban J connectivity index is 2.31. The fraction of sp³-hybridized carbons (Fsp3) is 1.00. The number of hydrogen-bond donors (Lipinski definition) is 2. The van der Waals surface area contributed by atoms with E-state index in [1.54, 1.807) is 0 Å². The van der Waals surface area contributed by atoms with E-state index >= 15 is 0 Å². The van der Waals surface area contributed by atoms with Crippen molar-refractivity contribution in [1.29, 1.82) is 0 Å². The molecule has 2 nitrogen and oxygen atoms in total. The maximum absolute atomic E-state index is 12.3. The molecule has 17 heavy (non-hydrogen) atoms. The summed E-state index contributed by atoms with van der Waals surface area (Å²) in [4.78, 5) is 0. The molecule has 5 heteroatoms. The minimum atomic E-state index is -4.47. The van der Waals surface area contributed by atoms with Crippen LogP contribution in [0.4, 0.5) is 13.2 Å². The first kappa shape index (κ1) is 14.8. The third kappa shape index (κ3) is 4.84. The topological polar surface area (TPSA) is 46.2 Å². The quantitative estimate of drug-likeness (QED) is 0.809. The lowest BCUT2D eigenvalue weighted by Gasteiger charge is -2.32. The number of halogens is 3. The SMILES string of the molecule is CC(N)CCC1CCC(C(O)C(F)(F)F)CC1. The Kier molecular flexibility index (Phi) is 5.25. The predicted octanol–water partition coefficient (Wildman–Crippen LogP) is 2.84. The first-order valence-electron chi connectivity index (χ1n) is 6.31. The van der Waals surface area contributed by atoms with E-state index in [4.69, 9.17) is 10.8 Å². The molecule has 2 unspecified atom stereocenters. The number of alkyl halides is 3. The monoisotopic (exact) mass is 253 g/mol. The molecule has 0 spiro atoms. The maximum Gasteiger partial charge on any atom is 0.414 e. The number of aliphatic hydroxyl groups excluding tert-OH is 1. The van der Waals surface area contributed by atoms with Crippen molar-refractivity contribution in [3.8, 4) is 0 Å². The van der Waals surface area contributed by atoms with Crippen molar-refractivity contribution in [2.45, 2.75) is 63.8 Å². The van der Waals surface area contributed by atoms with Crippen molar-refractivity contribution in [2.24, 2.45) is 17.6 Å². The third-order valence-electron chi connectivity index (χ3n) is 3.70. The van der Waals surface area contributed by atoms with Gasteiger partial charge in [-0.15, -0.1) is 0 Å². The maximum atomic E-state index is 12.3. The minimum Gasteiger partial charge on any atom is -0.383 e. The molecule has 0 aliphatic heterocycles. The van der Waals surface area contributed by atoms with Gasteiger partial charge < -0.3 is 10.8 Å². The van der Waals surface area contributed by atoms with Crippen molar-refractivity contribution in [3.63, 3.8) is 0 Å². The van der Waals surface area contributed by atoms with Crippen LogP contribution in [0.2, 0.25) is 0 Å². The summed E-state index contributed by atoms with van der Waals surface area (Å²) in [5.74, 6) is -0.126. The van der Waals surface area contributed by atoms with Crippen LogP contribution in [0, 0.1) is 11.8 Å². The van der Waals surface area contributed by atoms with Crippen LogP contribution in [0.5, 0.6) is 0 Å². The largest absolute Gasteiger partial charge is 0.414 e. The van der Waals surface area contributed by atoms with E-state index in [1.807, 2.05) is 6.92 Å². The van der Waals surface area contributed by atoms with Gasteiger partial charge in [-0.1, -0.05) is 12.8 Å². The lowest BCUT2D eigenvalue weighted by atomic mass is 9.77. The lowest BCUT2D eigenvalue weighted by Crippen LogP contribution is -2.37. The zero-order chi connectivity index (χ0) is 13.1. The molecule has 0 bridgehead atoms. The molecule has 0 amide bonds. The van der Waals surface area contributed by atoms with Crippen molar-refractivity contribution in [1.82, 2.24) is 0 Å². The summed E-state index contributed by atoms with van der Waals surface area (Å²) in [5, 5.41) is 9.17. The van der Waals surface area contributed by atoms with E-state index < -0.39 is 18.2 Å². The standard InChI is InChI=1S/C12H22F3NO/c1-8(16)2-3-9-4-6-10(7-5-9)11(17)12(13,14)15/h8-11,17H,2-7,16H2,1H3. The van der Waals surface area contributed by atoms with Crippen LogP contribution in [0.25, 0.3) is 0 Å². The van der Waals surface area contributed by atoms with Crippen molar-refractivity contribution in [2.75, 3.05) is 0 Å². The van der Waals surface area contributed by atoms with Crippen LogP contribution in [0.15, 0.2) is 0 Å². The number of hydrogen-bond acceptors (Lipinski definition) is 2. The highest BCUT2D eigenvalue weighted by Crippen LogP contribution is 2.38. The molecule has 0 aromatic heterocycles. The summed E-state index contributed by atoms with van der Waals surface area (Å²) in [6.45, 7) is 1.94. The highest BCUT2D eigenvalue weighted by atomic mass is 19.4. The van der Waals surface area contributed by atoms with Gasteiger partial charge in [0, 0.05) is 6.04 Å². The van der Waals surface area contributed by atoms with Crippen molar-refractivity contribution < 1.29 is 18.3 Å². The summed E-state index contributed by atoms with van der Waals surface area (Å²) >= 11 is 0. The van der Waals surface area contributed by atoms with Gasteiger partial charge in [0.25, 0.3) is 0 Å². The summed E-state index contributed by atoms with van der Waals surface area (Å²) in [6, 6.07) is 0.161. The molecule has 1 rings (SSSR count). The second-order valence-electron chi connectivity index (χ2n) is 5.32. The number of aliphatic hydroxyl groups is 1. The average molecular weight is 253 g/mol. The zero-order valence-electron chi connectivity index (χ0n) is 10.2. The van der Waals surface area contributed by atoms with Gasteiger partial charge >= 0.3 is 6.18 Å². The van der Waals surface area contributed by atoms with Crippen LogP contribution in [0.3, 0.4) is 0 Å². The van der Waals surface area contributed by atoms with Gasteiger partial charge in [-0.3, -0.25) is 0 Å². The van der Waals surface area contributed by atoms with Gasteiger partial charge in [0.1, 0.15) is 0 Å². The highest BCUT2D eigenvalue weighted by Gasteiger charge is 2.44. The normalized spacial score (nSPS) is 30.0. The molecule has 1 fully saturated rings. The van der Waals surface area contributed by atoms with Crippen molar-refractivity contribution >= 4 is 0 Å². The Morgan fingerprint density at radius 3 is 2.18 bits per heavy atom. The lowest BCUT2D eigenvalue weighted by molar-refractivity contribution is -0.222. The Bertz CT molecular complexity index is 222. The molecule has 102 valence electrons. The Labute approximate surface area is 100 Å². The fourth-order valence-electron chi connectivity index (χ4n) is 2.56. The Morgan fingerprint density at radius 1 is 1.24 bits per heavy atom. The summed E-state index contributed by atoms with van der Waals surface area (Å²) in [7, 11) is 0. The smallest absolute Gasteiger partial charge is 0.383 e. The molecular formula is C12H22F3NO. The van der Waals surface area contributed by atoms with Gasteiger partial charge in [-0.25, -0.2) is 0 Å². The second kappa shape index (κ2) is 6.05. The molecule has 3 N–H and O–H groups in total.